The molecule has 2 rings (SSSR count). The molecule has 27 heavy (non-hydrogen) atoms. The lowest BCUT2D eigenvalue weighted by Crippen LogP contribution is -2.43. The van der Waals surface area contributed by atoms with Crippen molar-refractivity contribution >= 4 is 11.8 Å². The van der Waals surface area contributed by atoms with Crippen molar-refractivity contribution in [2.24, 2.45) is 0 Å². The Labute approximate surface area is 159 Å². The van der Waals surface area contributed by atoms with Gasteiger partial charge in [0.2, 0.25) is 0 Å². The van der Waals surface area contributed by atoms with Crippen LogP contribution in [0.15, 0.2) is 42.5 Å². The first-order valence-corrected chi connectivity index (χ1v) is 9.01. The highest BCUT2D eigenvalue weighted by Crippen LogP contribution is 2.18. The molecule has 0 saturated heterocycles. The van der Waals surface area contributed by atoms with Gasteiger partial charge in [0, 0.05) is 5.56 Å². The number of nitrogens with one attached hydrogen (secondary N) is 2. The van der Waals surface area contributed by atoms with Gasteiger partial charge >= 0.3 is 0 Å². The Morgan fingerprint density at radius 3 is 2.41 bits per heavy atom. The van der Waals surface area contributed by atoms with E-state index in [9.17, 15) is 9.59 Å². The topological polar surface area (TPSA) is 76.7 Å². The quantitative estimate of drug-likeness (QED) is 0.552. The second-order valence-electron chi connectivity index (χ2n) is 6.29. The minimum atomic E-state index is -0.441. The second kappa shape index (κ2) is 10.2. The Morgan fingerprint density at radius 1 is 0.963 bits per heavy atom. The Kier molecular flexibility index (Phi) is 7.67. The Bertz CT molecular complexity index is 772. The van der Waals surface area contributed by atoms with E-state index in [1.54, 1.807) is 24.3 Å². The van der Waals surface area contributed by atoms with Crippen molar-refractivity contribution in [1.29, 1.82) is 0 Å². The maximum absolute atomic E-state index is 12.1. The van der Waals surface area contributed by atoms with Crippen LogP contribution in [0.2, 0.25) is 0 Å². The molecule has 2 N–H and O–H groups in total. The third kappa shape index (κ3) is 6.66. The van der Waals surface area contributed by atoms with Gasteiger partial charge in [-0.2, -0.15) is 0 Å². The summed E-state index contributed by atoms with van der Waals surface area (Å²) in [5.74, 6) is 0.514. The number of ether oxygens (including phenoxy) is 2. The molecule has 6 heteroatoms. The molecule has 0 atom stereocenters. The van der Waals surface area contributed by atoms with Crippen LogP contribution in [0, 0.1) is 13.8 Å². The predicted molar refractivity (Wildman–Crippen MR) is 104 cm³/mol. The van der Waals surface area contributed by atoms with Crippen molar-refractivity contribution in [2.45, 2.75) is 33.6 Å². The van der Waals surface area contributed by atoms with Crippen LogP contribution in [0.4, 0.5) is 0 Å². The van der Waals surface area contributed by atoms with E-state index in [0.29, 0.717) is 23.7 Å². The molecule has 0 spiro atoms. The van der Waals surface area contributed by atoms with Crippen molar-refractivity contribution in [3.63, 3.8) is 0 Å². The van der Waals surface area contributed by atoms with Crippen LogP contribution in [0.1, 0.15) is 41.3 Å². The average Bonchev–Trinajstić information content (AvgIpc) is 2.67. The smallest absolute Gasteiger partial charge is 0.276 e. The standard InChI is InChI=1S/C21H26N2O4/c1-4-5-12-26-18-10-8-17(9-11-18)21(25)23-22-20(24)14-27-19-13-15(2)6-7-16(19)3/h6-11,13H,4-5,12,14H2,1-3H3,(H,22,24)(H,23,25). The van der Waals surface area contributed by atoms with Gasteiger partial charge < -0.3 is 9.47 Å². The number of unbranched alkanes of at least 4 members (excludes halogenated alkanes) is 1. The molecule has 6 nitrogen and oxygen atoms in total. The van der Waals surface area contributed by atoms with Gasteiger partial charge in [-0.1, -0.05) is 25.5 Å². The highest BCUT2D eigenvalue weighted by molar-refractivity contribution is 5.95. The summed E-state index contributed by atoms with van der Waals surface area (Å²) in [4.78, 5) is 24.0. The van der Waals surface area contributed by atoms with Gasteiger partial charge in [-0.25, -0.2) is 0 Å². The number of benzene rings is 2. The fourth-order valence-corrected chi connectivity index (χ4v) is 2.28. The van der Waals surface area contributed by atoms with Gasteiger partial charge in [0.05, 0.1) is 6.61 Å². The number of carbonyl (C=O) groups is 2. The summed E-state index contributed by atoms with van der Waals surface area (Å²) in [5, 5.41) is 0. The van der Waals surface area contributed by atoms with Gasteiger partial charge in [0.15, 0.2) is 6.61 Å². The minimum Gasteiger partial charge on any atom is -0.494 e. The molecule has 0 unspecified atom stereocenters. The first-order chi connectivity index (χ1) is 13.0. The van der Waals surface area contributed by atoms with Crippen LogP contribution >= 0.6 is 0 Å². The summed E-state index contributed by atoms with van der Waals surface area (Å²) in [6.45, 7) is 6.42. The number of carbonyl (C=O) groups excluding carboxylic acids is 2. The highest BCUT2D eigenvalue weighted by atomic mass is 16.5. The zero-order valence-electron chi connectivity index (χ0n) is 16.0. The van der Waals surface area contributed by atoms with E-state index in [0.717, 1.165) is 24.0 Å². The maximum Gasteiger partial charge on any atom is 0.276 e. The van der Waals surface area contributed by atoms with Gasteiger partial charge in [-0.15, -0.1) is 0 Å². The summed E-state index contributed by atoms with van der Waals surface area (Å²) < 4.78 is 11.1. The minimum absolute atomic E-state index is 0.186. The largest absolute Gasteiger partial charge is 0.494 e. The first kappa shape index (κ1) is 20.3. The van der Waals surface area contributed by atoms with Crippen LogP contribution in [0.25, 0.3) is 0 Å². The molecule has 0 radical (unpaired) electrons. The average molecular weight is 370 g/mol. The SMILES string of the molecule is CCCCOc1ccc(C(=O)NNC(=O)COc2cc(C)ccc2C)cc1. The number of hydrogen-bond acceptors (Lipinski definition) is 4. The van der Waals surface area contributed by atoms with E-state index in [2.05, 4.69) is 17.8 Å². The van der Waals surface area contributed by atoms with E-state index >= 15 is 0 Å². The molecule has 2 amide bonds. The normalized spacial score (nSPS) is 10.2. The zero-order chi connectivity index (χ0) is 19.6. The molecule has 0 bridgehead atoms. The third-order valence-corrected chi connectivity index (χ3v) is 3.90. The summed E-state index contributed by atoms with van der Waals surface area (Å²) in [5.41, 5.74) is 7.14. The van der Waals surface area contributed by atoms with Crippen molar-refractivity contribution in [3.8, 4) is 11.5 Å². The molecule has 2 aromatic carbocycles. The lowest BCUT2D eigenvalue weighted by Gasteiger charge is -2.11. The molecule has 0 heterocycles. The van der Waals surface area contributed by atoms with E-state index in [4.69, 9.17) is 9.47 Å². The summed E-state index contributed by atoms with van der Waals surface area (Å²) >= 11 is 0. The van der Waals surface area contributed by atoms with Crippen LogP contribution in [-0.4, -0.2) is 25.0 Å². The Hall–Kier alpha value is -3.02. The van der Waals surface area contributed by atoms with Gasteiger partial charge in [0.1, 0.15) is 11.5 Å². The van der Waals surface area contributed by atoms with Gasteiger partial charge in [0.25, 0.3) is 11.8 Å². The fraction of sp³-hybridized carbons (Fsp3) is 0.333. The number of hydrogen-bond donors (Lipinski definition) is 2. The lowest BCUT2D eigenvalue weighted by atomic mass is 10.1. The molecule has 0 saturated carbocycles. The van der Waals surface area contributed by atoms with Crippen molar-refractivity contribution in [2.75, 3.05) is 13.2 Å². The van der Waals surface area contributed by atoms with Crippen molar-refractivity contribution < 1.29 is 19.1 Å². The van der Waals surface area contributed by atoms with Crippen molar-refractivity contribution in [1.82, 2.24) is 10.9 Å². The van der Waals surface area contributed by atoms with Gasteiger partial charge in [-0.05, 0) is 61.7 Å². The molecule has 0 aliphatic heterocycles. The molecule has 0 aliphatic rings. The summed E-state index contributed by atoms with van der Waals surface area (Å²) in [7, 11) is 0. The van der Waals surface area contributed by atoms with Crippen LogP contribution in [0.3, 0.4) is 0 Å². The third-order valence-electron chi connectivity index (χ3n) is 3.90. The highest BCUT2D eigenvalue weighted by Gasteiger charge is 2.09. The van der Waals surface area contributed by atoms with E-state index in [1.165, 1.54) is 0 Å². The molecule has 0 fully saturated rings. The van der Waals surface area contributed by atoms with E-state index < -0.39 is 11.8 Å². The zero-order valence-corrected chi connectivity index (χ0v) is 16.0. The molecule has 0 aromatic heterocycles. The Balaban J connectivity index is 1.77. The number of amides is 2. The molecular formula is C21H26N2O4. The fourth-order valence-electron chi connectivity index (χ4n) is 2.28. The number of rotatable bonds is 8. The van der Waals surface area contributed by atoms with E-state index in [1.807, 2.05) is 32.0 Å². The molecule has 2 aromatic rings. The van der Waals surface area contributed by atoms with Gasteiger partial charge in [-0.3, -0.25) is 20.4 Å². The maximum atomic E-state index is 12.1. The summed E-state index contributed by atoms with van der Waals surface area (Å²) in [6, 6.07) is 12.5. The summed E-state index contributed by atoms with van der Waals surface area (Å²) in [6.07, 6.45) is 2.05. The number of hydrazine groups is 1. The lowest BCUT2D eigenvalue weighted by molar-refractivity contribution is -0.123. The van der Waals surface area contributed by atoms with Crippen LogP contribution < -0.4 is 20.3 Å². The monoisotopic (exact) mass is 370 g/mol. The van der Waals surface area contributed by atoms with Crippen LogP contribution in [0.5, 0.6) is 11.5 Å². The van der Waals surface area contributed by atoms with E-state index in [-0.39, 0.29) is 6.61 Å². The molecular weight excluding hydrogens is 344 g/mol. The Morgan fingerprint density at radius 2 is 1.70 bits per heavy atom. The first-order valence-electron chi connectivity index (χ1n) is 9.01. The molecule has 0 aliphatic carbocycles. The van der Waals surface area contributed by atoms with Crippen LogP contribution in [-0.2, 0) is 4.79 Å². The molecule has 144 valence electrons. The predicted octanol–water partition coefficient (Wildman–Crippen LogP) is 3.32. The van der Waals surface area contributed by atoms with Crippen molar-refractivity contribution in [3.05, 3.63) is 59.2 Å². The number of aryl methyl sites for hydroxylation is 2. The second-order valence-corrected chi connectivity index (χ2v) is 6.29.